The lowest BCUT2D eigenvalue weighted by molar-refractivity contribution is -0.127. The van der Waals surface area contributed by atoms with E-state index >= 15 is 0 Å². The Hall–Kier alpha value is -0.230. The van der Waals surface area contributed by atoms with Gasteiger partial charge >= 0.3 is 0 Å². The molecule has 1 aliphatic heterocycles. The predicted octanol–water partition coefficient (Wildman–Crippen LogP) is 2.83. The Kier molecular flexibility index (Phi) is 6.66. The minimum Gasteiger partial charge on any atom is -0.340 e. The van der Waals surface area contributed by atoms with Crippen LogP contribution in [0.4, 0.5) is 0 Å². The molecule has 1 atom stereocenters. The van der Waals surface area contributed by atoms with Gasteiger partial charge in [-0.3, -0.25) is 4.79 Å². The first-order valence-corrected chi connectivity index (χ1v) is 7.76. The first-order valence-electron chi connectivity index (χ1n) is 5.98. The van der Waals surface area contributed by atoms with E-state index in [1.165, 1.54) is 5.56 Å². The third-order valence-electron chi connectivity index (χ3n) is 3.07. The van der Waals surface area contributed by atoms with Gasteiger partial charge in [-0.25, -0.2) is 0 Å². The van der Waals surface area contributed by atoms with Crippen molar-refractivity contribution in [1.82, 2.24) is 4.90 Å². The fraction of sp³-hybridized carbons (Fsp3) is 0.462. The molecule has 1 aliphatic rings. The fourth-order valence-electron chi connectivity index (χ4n) is 2.02. The number of amides is 1. The van der Waals surface area contributed by atoms with Gasteiger partial charge in [0.15, 0.2) is 0 Å². The van der Waals surface area contributed by atoms with Crippen molar-refractivity contribution < 1.29 is 4.79 Å². The smallest absolute Gasteiger partial charge is 0.232 e. The highest BCUT2D eigenvalue weighted by atomic mass is 79.9. The molecule has 0 bridgehead atoms. The summed E-state index contributed by atoms with van der Waals surface area (Å²) in [6.45, 7) is 3.57. The van der Waals surface area contributed by atoms with Crippen LogP contribution in [-0.2, 0) is 4.79 Å². The van der Waals surface area contributed by atoms with Gasteiger partial charge in [0.25, 0.3) is 0 Å². The molecule has 1 fully saturated rings. The highest BCUT2D eigenvalue weighted by molar-refractivity contribution is 9.10. The maximum atomic E-state index is 12.0. The summed E-state index contributed by atoms with van der Waals surface area (Å²) < 4.78 is 1.07. The monoisotopic (exact) mass is 364 g/mol. The molecule has 0 aliphatic carbocycles. The SMILES string of the molecule is Cc1cc(Br)ccc1SCC(=O)N1CC[C@@H](N)C1.Cl. The van der Waals surface area contributed by atoms with Gasteiger partial charge < -0.3 is 10.6 Å². The van der Waals surface area contributed by atoms with E-state index in [1.807, 2.05) is 17.0 Å². The van der Waals surface area contributed by atoms with Crippen molar-refractivity contribution in [3.63, 3.8) is 0 Å². The first-order chi connectivity index (χ1) is 8.56. The lowest BCUT2D eigenvalue weighted by Gasteiger charge is -2.15. The average Bonchev–Trinajstić information content (AvgIpc) is 2.74. The lowest BCUT2D eigenvalue weighted by Crippen LogP contribution is -2.33. The Bertz CT molecular complexity index is 458. The van der Waals surface area contributed by atoms with Crippen molar-refractivity contribution in [2.24, 2.45) is 5.73 Å². The largest absolute Gasteiger partial charge is 0.340 e. The van der Waals surface area contributed by atoms with Gasteiger partial charge in [-0.2, -0.15) is 0 Å². The van der Waals surface area contributed by atoms with Crippen LogP contribution in [-0.4, -0.2) is 35.7 Å². The molecule has 1 aromatic rings. The van der Waals surface area contributed by atoms with Gasteiger partial charge in [0, 0.05) is 28.5 Å². The molecule has 1 amide bonds. The zero-order valence-corrected chi connectivity index (χ0v) is 14.0. The number of aryl methyl sites for hydroxylation is 1. The quantitative estimate of drug-likeness (QED) is 0.838. The Labute approximate surface area is 132 Å². The van der Waals surface area contributed by atoms with E-state index in [4.69, 9.17) is 5.73 Å². The van der Waals surface area contributed by atoms with Crippen LogP contribution in [0.15, 0.2) is 27.6 Å². The second-order valence-electron chi connectivity index (χ2n) is 4.59. The number of carbonyl (C=O) groups is 1. The van der Waals surface area contributed by atoms with E-state index in [0.717, 1.165) is 22.3 Å². The van der Waals surface area contributed by atoms with E-state index in [0.29, 0.717) is 12.3 Å². The molecule has 1 aromatic carbocycles. The Morgan fingerprint density at radius 1 is 1.58 bits per heavy atom. The number of benzene rings is 1. The van der Waals surface area contributed by atoms with Gasteiger partial charge in [0.05, 0.1) is 5.75 Å². The summed E-state index contributed by atoms with van der Waals surface area (Å²) in [6.07, 6.45) is 0.924. The molecular weight excluding hydrogens is 348 g/mol. The number of carbonyl (C=O) groups excluding carboxylic acids is 1. The van der Waals surface area contributed by atoms with Crippen molar-refractivity contribution >= 4 is 46.0 Å². The number of halogens is 2. The third kappa shape index (κ3) is 4.67. The normalized spacial score (nSPS) is 18.3. The zero-order chi connectivity index (χ0) is 13.1. The number of likely N-dealkylation sites (tertiary alicyclic amines) is 1. The van der Waals surface area contributed by atoms with Crippen LogP contribution >= 0.6 is 40.1 Å². The average molecular weight is 366 g/mol. The van der Waals surface area contributed by atoms with E-state index in [-0.39, 0.29) is 24.4 Å². The second kappa shape index (κ2) is 7.53. The number of rotatable bonds is 3. The summed E-state index contributed by atoms with van der Waals surface area (Å²) >= 11 is 5.04. The molecule has 2 rings (SSSR count). The highest BCUT2D eigenvalue weighted by Crippen LogP contribution is 2.25. The molecular formula is C13H18BrClN2OS. The highest BCUT2D eigenvalue weighted by Gasteiger charge is 2.23. The number of nitrogens with two attached hydrogens (primary N) is 1. The van der Waals surface area contributed by atoms with Gasteiger partial charge in [0.1, 0.15) is 0 Å². The molecule has 106 valence electrons. The van der Waals surface area contributed by atoms with Crippen molar-refractivity contribution in [2.45, 2.75) is 24.3 Å². The standard InChI is InChI=1S/C13H17BrN2OS.ClH/c1-9-6-10(14)2-3-12(9)18-8-13(17)16-5-4-11(15)7-16;/h2-3,6,11H,4-5,7-8,15H2,1H3;1H/t11-;/m1./s1. The van der Waals surface area contributed by atoms with Crippen LogP contribution in [0, 0.1) is 6.92 Å². The molecule has 0 saturated carbocycles. The van der Waals surface area contributed by atoms with Crippen molar-refractivity contribution in [3.8, 4) is 0 Å². The summed E-state index contributed by atoms with van der Waals surface area (Å²) in [7, 11) is 0. The fourth-order valence-corrected chi connectivity index (χ4v) is 3.41. The van der Waals surface area contributed by atoms with Gasteiger partial charge in [0.2, 0.25) is 5.91 Å². The Morgan fingerprint density at radius 2 is 2.32 bits per heavy atom. The molecule has 2 N–H and O–H groups in total. The van der Waals surface area contributed by atoms with Crippen molar-refractivity contribution in [3.05, 3.63) is 28.2 Å². The van der Waals surface area contributed by atoms with E-state index < -0.39 is 0 Å². The van der Waals surface area contributed by atoms with E-state index in [1.54, 1.807) is 11.8 Å². The van der Waals surface area contributed by atoms with Crippen LogP contribution in [0.25, 0.3) is 0 Å². The topological polar surface area (TPSA) is 46.3 Å². The molecule has 0 unspecified atom stereocenters. The molecule has 6 heteroatoms. The van der Waals surface area contributed by atoms with Crippen LogP contribution in [0.3, 0.4) is 0 Å². The van der Waals surface area contributed by atoms with Crippen molar-refractivity contribution in [1.29, 1.82) is 0 Å². The van der Waals surface area contributed by atoms with Crippen LogP contribution in [0.1, 0.15) is 12.0 Å². The van der Waals surface area contributed by atoms with Gasteiger partial charge in [-0.1, -0.05) is 15.9 Å². The van der Waals surface area contributed by atoms with Crippen LogP contribution in [0.2, 0.25) is 0 Å². The van der Waals surface area contributed by atoms with E-state index in [9.17, 15) is 4.79 Å². The number of hydrogen-bond donors (Lipinski definition) is 1. The number of thioether (sulfide) groups is 1. The van der Waals surface area contributed by atoms with Crippen LogP contribution in [0.5, 0.6) is 0 Å². The molecule has 1 saturated heterocycles. The number of nitrogens with zero attached hydrogens (tertiary/aromatic N) is 1. The van der Waals surface area contributed by atoms with Crippen LogP contribution < -0.4 is 5.73 Å². The van der Waals surface area contributed by atoms with Gasteiger partial charge in [-0.05, 0) is 37.1 Å². The predicted molar refractivity (Wildman–Crippen MR) is 86.0 cm³/mol. The summed E-state index contributed by atoms with van der Waals surface area (Å²) in [5, 5.41) is 0. The second-order valence-corrected chi connectivity index (χ2v) is 6.52. The molecule has 3 nitrogen and oxygen atoms in total. The zero-order valence-electron chi connectivity index (χ0n) is 10.8. The molecule has 1 heterocycles. The summed E-state index contributed by atoms with van der Waals surface area (Å²) in [5.74, 6) is 0.685. The molecule has 0 aromatic heterocycles. The molecule has 0 spiro atoms. The molecule has 0 radical (unpaired) electrons. The minimum atomic E-state index is 0. The lowest BCUT2D eigenvalue weighted by atomic mass is 10.2. The minimum absolute atomic E-state index is 0. The van der Waals surface area contributed by atoms with Gasteiger partial charge in [-0.15, -0.1) is 24.2 Å². The summed E-state index contributed by atoms with van der Waals surface area (Å²) in [6, 6.07) is 6.28. The Balaban J connectivity index is 0.00000180. The van der Waals surface area contributed by atoms with E-state index in [2.05, 4.69) is 28.9 Å². The first kappa shape index (κ1) is 16.8. The maximum Gasteiger partial charge on any atom is 0.232 e. The van der Waals surface area contributed by atoms with Crippen molar-refractivity contribution in [2.75, 3.05) is 18.8 Å². The Morgan fingerprint density at radius 3 is 2.89 bits per heavy atom. The number of hydrogen-bond acceptors (Lipinski definition) is 3. The summed E-state index contributed by atoms with van der Waals surface area (Å²) in [4.78, 5) is 15.0. The maximum absolute atomic E-state index is 12.0. The third-order valence-corrected chi connectivity index (χ3v) is 4.72. The molecule has 19 heavy (non-hydrogen) atoms. The summed E-state index contributed by atoms with van der Waals surface area (Å²) in [5.41, 5.74) is 7.00.